The second kappa shape index (κ2) is 9.33. The van der Waals surface area contributed by atoms with Gasteiger partial charge >= 0.3 is 0 Å². The summed E-state index contributed by atoms with van der Waals surface area (Å²) >= 11 is 5.27. The number of hydrogen-bond acceptors (Lipinski definition) is 6. The van der Waals surface area contributed by atoms with Gasteiger partial charge in [0.1, 0.15) is 17.0 Å². The Morgan fingerprint density at radius 2 is 2.06 bits per heavy atom. The van der Waals surface area contributed by atoms with Crippen LogP contribution in [0.25, 0.3) is 0 Å². The lowest BCUT2D eigenvalue weighted by Gasteiger charge is -2.29. The predicted octanol–water partition coefficient (Wildman–Crippen LogP) is 3.98. The first kappa shape index (κ1) is 22.9. The molecule has 32 heavy (non-hydrogen) atoms. The van der Waals surface area contributed by atoms with E-state index in [9.17, 15) is 9.59 Å². The minimum atomic E-state index is -1.13. The number of benzene rings is 2. The Bertz CT molecular complexity index is 1050. The minimum Gasteiger partial charge on any atom is -0.497 e. The fraction of sp³-hybridized carbons (Fsp3) is 0.391. The number of fused-ring (bicyclic) bond motifs is 2. The van der Waals surface area contributed by atoms with E-state index in [4.69, 9.17) is 9.47 Å². The van der Waals surface area contributed by atoms with Crippen molar-refractivity contribution in [3.63, 3.8) is 0 Å². The minimum absolute atomic E-state index is 0.0427. The molecule has 2 amide bonds. The van der Waals surface area contributed by atoms with Crippen molar-refractivity contribution in [2.45, 2.75) is 24.4 Å². The summed E-state index contributed by atoms with van der Waals surface area (Å²) in [5, 5.41) is 9.50. The molecule has 0 unspecified atom stereocenters. The Morgan fingerprint density at radius 1 is 1.25 bits per heavy atom. The second-order valence-corrected chi connectivity index (χ2v) is 9.82. The van der Waals surface area contributed by atoms with Gasteiger partial charge in [0.2, 0.25) is 11.8 Å². The molecule has 0 saturated carbocycles. The highest BCUT2D eigenvalue weighted by Gasteiger charge is 2.60. The van der Waals surface area contributed by atoms with Crippen LogP contribution in [0.15, 0.2) is 40.9 Å². The van der Waals surface area contributed by atoms with Crippen molar-refractivity contribution in [3.8, 4) is 11.5 Å². The average Bonchev–Trinajstić information content (AvgIpc) is 3.31. The number of halogens is 1. The van der Waals surface area contributed by atoms with Gasteiger partial charge < -0.3 is 20.1 Å². The van der Waals surface area contributed by atoms with E-state index in [2.05, 4.69) is 38.1 Å². The number of rotatable bonds is 7. The molecule has 1 spiro atoms. The maximum atomic E-state index is 13.7. The number of anilines is 2. The molecule has 1 saturated heterocycles. The first-order chi connectivity index (χ1) is 15.4. The molecule has 2 aliphatic heterocycles. The Morgan fingerprint density at radius 3 is 2.78 bits per heavy atom. The Hall–Kier alpha value is -2.23. The van der Waals surface area contributed by atoms with Crippen LogP contribution in [0, 0.1) is 5.92 Å². The largest absolute Gasteiger partial charge is 0.497 e. The number of nitrogens with one attached hydrogen (secondary N) is 3. The van der Waals surface area contributed by atoms with Crippen molar-refractivity contribution in [2.75, 3.05) is 36.9 Å². The van der Waals surface area contributed by atoms with Crippen LogP contribution in [0.1, 0.15) is 18.4 Å². The summed E-state index contributed by atoms with van der Waals surface area (Å²) in [5.41, 5.74) is 0.903. The normalized spacial score (nSPS) is 23.7. The summed E-state index contributed by atoms with van der Waals surface area (Å²) in [7, 11) is 3.12. The molecule has 1 fully saturated rings. The first-order valence-electron chi connectivity index (χ1n) is 10.3. The monoisotopic (exact) mass is 519 g/mol. The topological polar surface area (TPSA) is 88.7 Å². The fourth-order valence-corrected chi connectivity index (χ4v) is 5.49. The van der Waals surface area contributed by atoms with Gasteiger partial charge in [-0.05, 0) is 55.2 Å². The zero-order valence-corrected chi connectivity index (χ0v) is 20.6. The first-order valence-corrected chi connectivity index (χ1v) is 12.5. The summed E-state index contributed by atoms with van der Waals surface area (Å²) in [6.45, 7) is 0. The Kier molecular flexibility index (Phi) is 6.69. The highest BCUT2D eigenvalue weighted by atomic mass is 79.9. The molecule has 2 aromatic rings. The van der Waals surface area contributed by atoms with Crippen LogP contribution < -0.4 is 25.4 Å². The molecule has 9 heteroatoms. The molecule has 0 bridgehead atoms. The van der Waals surface area contributed by atoms with Crippen molar-refractivity contribution in [1.82, 2.24) is 5.32 Å². The summed E-state index contributed by atoms with van der Waals surface area (Å²) in [5.74, 6) is 1.04. The molecule has 0 aromatic heterocycles. The molecule has 0 aliphatic carbocycles. The van der Waals surface area contributed by atoms with E-state index in [1.807, 2.05) is 18.2 Å². The van der Waals surface area contributed by atoms with Crippen LogP contribution in [0.3, 0.4) is 0 Å². The third kappa shape index (κ3) is 3.97. The molecular formula is C23H26BrN3O4S. The van der Waals surface area contributed by atoms with Gasteiger partial charge in [-0.2, -0.15) is 11.8 Å². The third-order valence-electron chi connectivity index (χ3n) is 6.14. The van der Waals surface area contributed by atoms with Gasteiger partial charge in [-0.3, -0.25) is 14.9 Å². The van der Waals surface area contributed by atoms with Gasteiger partial charge in [-0.25, -0.2) is 0 Å². The van der Waals surface area contributed by atoms with Gasteiger partial charge in [-0.1, -0.05) is 15.9 Å². The number of methoxy groups -OCH3 is 2. The van der Waals surface area contributed by atoms with Crippen molar-refractivity contribution in [1.29, 1.82) is 0 Å². The lowest BCUT2D eigenvalue weighted by Crippen LogP contribution is -2.52. The Balaban J connectivity index is 1.72. The van der Waals surface area contributed by atoms with Gasteiger partial charge in [0.05, 0.1) is 25.8 Å². The SMILES string of the molecule is COc1ccc(OC)c(NC(=O)[C@H]2C[C@H](CCSC)N[C@]23C(=O)Nc2ccc(Br)cc23)c1. The van der Waals surface area contributed by atoms with Crippen LogP contribution >= 0.6 is 27.7 Å². The molecule has 0 radical (unpaired) electrons. The third-order valence-corrected chi connectivity index (χ3v) is 7.28. The fourth-order valence-electron chi connectivity index (χ4n) is 4.61. The summed E-state index contributed by atoms with van der Waals surface area (Å²) in [6.07, 6.45) is 3.47. The number of amides is 2. The van der Waals surface area contributed by atoms with Crippen LogP contribution in [0.4, 0.5) is 11.4 Å². The van der Waals surface area contributed by atoms with Gasteiger partial charge in [0, 0.05) is 27.8 Å². The highest BCUT2D eigenvalue weighted by molar-refractivity contribution is 9.10. The van der Waals surface area contributed by atoms with Crippen LogP contribution in [0.2, 0.25) is 0 Å². The molecular weight excluding hydrogens is 494 g/mol. The van der Waals surface area contributed by atoms with E-state index in [1.165, 1.54) is 0 Å². The zero-order chi connectivity index (χ0) is 22.9. The molecule has 3 atom stereocenters. The summed E-state index contributed by atoms with van der Waals surface area (Å²) in [6, 6.07) is 10.9. The van der Waals surface area contributed by atoms with E-state index >= 15 is 0 Å². The average molecular weight is 520 g/mol. The number of carbonyl (C=O) groups is 2. The number of hydrogen-bond donors (Lipinski definition) is 3. The Labute approximate surface area is 200 Å². The standard InChI is InChI=1S/C23H26BrN3O4S/c1-30-15-5-7-20(31-2)19(12-15)25-21(28)17-11-14(8-9-32-3)27-23(17)16-10-13(24)4-6-18(16)26-22(23)29/h4-7,10,12,14,17,27H,8-9,11H2,1-3H3,(H,25,28)(H,26,29)/t14-,17+,23-/m0/s1. The zero-order valence-electron chi connectivity index (χ0n) is 18.2. The molecule has 2 heterocycles. The van der Waals surface area contributed by atoms with E-state index in [0.717, 1.165) is 27.9 Å². The van der Waals surface area contributed by atoms with Gasteiger partial charge in [0.25, 0.3) is 0 Å². The lowest BCUT2D eigenvalue weighted by atomic mass is 9.79. The number of carbonyl (C=O) groups excluding carboxylic acids is 2. The molecule has 3 N–H and O–H groups in total. The molecule has 170 valence electrons. The van der Waals surface area contributed by atoms with Crippen molar-refractivity contribution in [3.05, 3.63) is 46.4 Å². The van der Waals surface area contributed by atoms with Gasteiger partial charge in [0.15, 0.2) is 0 Å². The van der Waals surface area contributed by atoms with E-state index in [-0.39, 0.29) is 17.9 Å². The molecule has 2 aromatic carbocycles. The van der Waals surface area contributed by atoms with E-state index in [1.54, 1.807) is 44.2 Å². The van der Waals surface area contributed by atoms with E-state index < -0.39 is 11.5 Å². The van der Waals surface area contributed by atoms with Crippen LogP contribution in [-0.2, 0) is 15.1 Å². The van der Waals surface area contributed by atoms with Crippen molar-refractivity contribution in [2.24, 2.45) is 5.92 Å². The summed E-state index contributed by atoms with van der Waals surface area (Å²) < 4.78 is 11.6. The van der Waals surface area contributed by atoms with Gasteiger partial charge in [-0.15, -0.1) is 0 Å². The van der Waals surface area contributed by atoms with E-state index in [0.29, 0.717) is 23.6 Å². The maximum Gasteiger partial charge on any atom is 0.250 e. The maximum absolute atomic E-state index is 13.7. The lowest BCUT2D eigenvalue weighted by molar-refractivity contribution is -0.130. The summed E-state index contributed by atoms with van der Waals surface area (Å²) in [4.78, 5) is 27.0. The highest BCUT2D eigenvalue weighted by Crippen LogP contribution is 2.48. The van der Waals surface area contributed by atoms with Crippen molar-refractivity contribution >= 4 is 50.9 Å². The molecule has 4 rings (SSSR count). The van der Waals surface area contributed by atoms with Crippen LogP contribution in [-0.4, -0.2) is 44.1 Å². The molecule has 7 nitrogen and oxygen atoms in total. The van der Waals surface area contributed by atoms with Crippen molar-refractivity contribution < 1.29 is 19.1 Å². The second-order valence-electron chi connectivity index (χ2n) is 7.92. The molecule has 2 aliphatic rings. The quantitative estimate of drug-likeness (QED) is 0.512. The number of thioether (sulfide) groups is 1. The number of ether oxygens (including phenoxy) is 2. The predicted molar refractivity (Wildman–Crippen MR) is 131 cm³/mol. The smallest absolute Gasteiger partial charge is 0.250 e. The van der Waals surface area contributed by atoms with Crippen LogP contribution in [0.5, 0.6) is 11.5 Å².